The maximum Gasteiger partial charge on any atom is 0.224 e. The topological polar surface area (TPSA) is 75.3 Å². The van der Waals surface area contributed by atoms with Crippen LogP contribution in [0, 0.1) is 5.92 Å². The lowest BCUT2D eigenvalue weighted by Crippen LogP contribution is -2.41. The van der Waals surface area contributed by atoms with E-state index in [0.717, 1.165) is 11.1 Å². The van der Waals surface area contributed by atoms with E-state index in [1.807, 2.05) is 38.1 Å². The van der Waals surface area contributed by atoms with Gasteiger partial charge in [0.2, 0.25) is 5.91 Å². The minimum absolute atomic E-state index is 0.0397. The molecule has 1 atom stereocenters. The van der Waals surface area contributed by atoms with Crippen LogP contribution < -0.4 is 11.1 Å². The summed E-state index contributed by atoms with van der Waals surface area (Å²) in [6.07, 6.45) is 0.302. The van der Waals surface area contributed by atoms with E-state index in [2.05, 4.69) is 5.32 Å². The number of aliphatic hydroxyl groups is 1. The standard InChI is InChI=1S/C14H22N2O2/c1-10(2)13(9-17)16-14(18)7-11-5-3-4-6-12(11)8-15/h3-6,10,13,17H,7-9,15H2,1-2H3,(H,16,18). The fourth-order valence-corrected chi connectivity index (χ4v) is 1.78. The third kappa shape index (κ3) is 4.13. The van der Waals surface area contributed by atoms with Gasteiger partial charge in [0.25, 0.3) is 0 Å². The van der Waals surface area contributed by atoms with Crippen molar-refractivity contribution in [1.82, 2.24) is 5.32 Å². The number of nitrogens with two attached hydrogens (primary N) is 1. The highest BCUT2D eigenvalue weighted by Gasteiger charge is 2.15. The van der Waals surface area contributed by atoms with Gasteiger partial charge in [-0.25, -0.2) is 0 Å². The lowest BCUT2D eigenvalue weighted by atomic mass is 10.0. The van der Waals surface area contributed by atoms with Crippen LogP contribution in [0.4, 0.5) is 0 Å². The van der Waals surface area contributed by atoms with Crippen molar-refractivity contribution in [3.8, 4) is 0 Å². The SMILES string of the molecule is CC(C)C(CO)NC(=O)Cc1ccccc1CN. The van der Waals surface area contributed by atoms with Gasteiger partial charge in [-0.1, -0.05) is 38.1 Å². The third-order valence-corrected chi connectivity index (χ3v) is 3.04. The van der Waals surface area contributed by atoms with E-state index < -0.39 is 0 Å². The van der Waals surface area contributed by atoms with Crippen molar-refractivity contribution in [3.05, 3.63) is 35.4 Å². The van der Waals surface area contributed by atoms with Gasteiger partial charge in [-0.05, 0) is 17.0 Å². The van der Waals surface area contributed by atoms with Crippen molar-refractivity contribution < 1.29 is 9.90 Å². The molecule has 0 saturated carbocycles. The fourth-order valence-electron chi connectivity index (χ4n) is 1.78. The Balaban J connectivity index is 2.64. The van der Waals surface area contributed by atoms with Crippen LogP contribution in [-0.4, -0.2) is 23.7 Å². The van der Waals surface area contributed by atoms with Gasteiger partial charge in [-0.3, -0.25) is 4.79 Å². The summed E-state index contributed by atoms with van der Waals surface area (Å²) in [4.78, 5) is 11.9. The Morgan fingerprint density at radius 1 is 1.33 bits per heavy atom. The fraction of sp³-hybridized carbons (Fsp3) is 0.500. The number of rotatable bonds is 6. The van der Waals surface area contributed by atoms with Crippen molar-refractivity contribution in [3.63, 3.8) is 0 Å². The smallest absolute Gasteiger partial charge is 0.224 e. The highest BCUT2D eigenvalue weighted by Crippen LogP contribution is 2.09. The molecule has 0 fully saturated rings. The molecule has 18 heavy (non-hydrogen) atoms. The Labute approximate surface area is 108 Å². The van der Waals surface area contributed by atoms with Crippen LogP contribution in [-0.2, 0) is 17.8 Å². The molecule has 4 heteroatoms. The molecule has 0 aliphatic carbocycles. The Hall–Kier alpha value is -1.39. The van der Waals surface area contributed by atoms with E-state index in [1.54, 1.807) is 0 Å². The maximum absolute atomic E-state index is 11.9. The van der Waals surface area contributed by atoms with Crippen LogP contribution in [0.15, 0.2) is 24.3 Å². The summed E-state index contributed by atoms with van der Waals surface area (Å²) < 4.78 is 0. The van der Waals surface area contributed by atoms with E-state index >= 15 is 0 Å². The van der Waals surface area contributed by atoms with E-state index in [9.17, 15) is 9.90 Å². The summed E-state index contributed by atoms with van der Waals surface area (Å²) in [5, 5.41) is 12.0. The molecule has 100 valence electrons. The highest BCUT2D eigenvalue weighted by molar-refractivity contribution is 5.79. The first-order chi connectivity index (χ1) is 8.58. The molecule has 1 unspecified atom stereocenters. The summed E-state index contributed by atoms with van der Waals surface area (Å²) in [5.74, 6) is 0.132. The number of benzene rings is 1. The zero-order valence-corrected chi connectivity index (χ0v) is 11.0. The molecule has 0 radical (unpaired) electrons. The lowest BCUT2D eigenvalue weighted by Gasteiger charge is -2.20. The molecular formula is C14H22N2O2. The van der Waals surface area contributed by atoms with Gasteiger partial charge in [0.15, 0.2) is 0 Å². The molecule has 0 aliphatic rings. The van der Waals surface area contributed by atoms with E-state index in [-0.39, 0.29) is 24.5 Å². The summed E-state index contributed by atoms with van der Waals surface area (Å²) >= 11 is 0. The minimum atomic E-state index is -0.192. The molecule has 1 aromatic carbocycles. The molecule has 0 bridgehead atoms. The number of carbonyl (C=O) groups is 1. The third-order valence-electron chi connectivity index (χ3n) is 3.04. The Bertz CT molecular complexity index is 391. The second-order valence-electron chi connectivity index (χ2n) is 4.75. The summed E-state index contributed by atoms with van der Waals surface area (Å²) in [5.41, 5.74) is 7.56. The second-order valence-corrected chi connectivity index (χ2v) is 4.75. The first-order valence-electron chi connectivity index (χ1n) is 6.25. The summed E-state index contributed by atoms with van der Waals surface area (Å²) in [7, 11) is 0. The van der Waals surface area contributed by atoms with Crippen LogP contribution in [0.3, 0.4) is 0 Å². The maximum atomic E-state index is 11.9. The number of amides is 1. The Morgan fingerprint density at radius 2 is 1.94 bits per heavy atom. The lowest BCUT2D eigenvalue weighted by molar-refractivity contribution is -0.121. The van der Waals surface area contributed by atoms with E-state index in [1.165, 1.54) is 0 Å². The number of hydrogen-bond donors (Lipinski definition) is 3. The first-order valence-corrected chi connectivity index (χ1v) is 6.25. The molecule has 4 nitrogen and oxygen atoms in total. The molecule has 0 aromatic heterocycles. The minimum Gasteiger partial charge on any atom is -0.394 e. The van der Waals surface area contributed by atoms with Gasteiger partial charge in [-0.2, -0.15) is 0 Å². The average molecular weight is 250 g/mol. The van der Waals surface area contributed by atoms with Crippen LogP contribution in [0.5, 0.6) is 0 Å². The van der Waals surface area contributed by atoms with Crippen molar-refractivity contribution in [1.29, 1.82) is 0 Å². The average Bonchev–Trinajstić information content (AvgIpc) is 2.36. The second kappa shape index (κ2) is 7.13. The number of hydrogen-bond acceptors (Lipinski definition) is 3. The van der Waals surface area contributed by atoms with Gasteiger partial charge in [-0.15, -0.1) is 0 Å². The molecule has 0 heterocycles. The van der Waals surface area contributed by atoms with Crippen molar-refractivity contribution in [2.45, 2.75) is 32.9 Å². The van der Waals surface area contributed by atoms with E-state index in [0.29, 0.717) is 13.0 Å². The van der Waals surface area contributed by atoms with Gasteiger partial charge in [0.05, 0.1) is 19.1 Å². The predicted molar refractivity (Wildman–Crippen MR) is 71.9 cm³/mol. The van der Waals surface area contributed by atoms with Gasteiger partial charge >= 0.3 is 0 Å². The molecule has 1 rings (SSSR count). The Kier molecular flexibility index (Phi) is 5.82. The quantitative estimate of drug-likeness (QED) is 0.699. The Morgan fingerprint density at radius 3 is 2.44 bits per heavy atom. The number of nitrogens with one attached hydrogen (secondary N) is 1. The molecule has 4 N–H and O–H groups in total. The predicted octanol–water partition coefficient (Wildman–Crippen LogP) is 0.821. The number of aliphatic hydroxyl groups excluding tert-OH is 1. The molecular weight excluding hydrogens is 228 g/mol. The number of carbonyl (C=O) groups excluding carboxylic acids is 1. The van der Waals surface area contributed by atoms with Gasteiger partial charge in [0.1, 0.15) is 0 Å². The molecule has 1 aromatic rings. The van der Waals surface area contributed by atoms with Crippen LogP contribution in [0.2, 0.25) is 0 Å². The first kappa shape index (κ1) is 14.7. The van der Waals surface area contributed by atoms with E-state index in [4.69, 9.17) is 5.73 Å². The monoisotopic (exact) mass is 250 g/mol. The van der Waals surface area contributed by atoms with Crippen LogP contribution >= 0.6 is 0 Å². The zero-order chi connectivity index (χ0) is 13.5. The summed E-state index contributed by atoms with van der Waals surface area (Å²) in [6, 6.07) is 7.45. The largest absolute Gasteiger partial charge is 0.394 e. The molecule has 0 saturated heterocycles. The molecule has 1 amide bonds. The zero-order valence-electron chi connectivity index (χ0n) is 11.0. The van der Waals surface area contributed by atoms with Gasteiger partial charge < -0.3 is 16.2 Å². The highest BCUT2D eigenvalue weighted by atomic mass is 16.3. The molecule has 0 aliphatic heterocycles. The van der Waals surface area contributed by atoms with Gasteiger partial charge in [0, 0.05) is 6.54 Å². The van der Waals surface area contributed by atoms with Crippen LogP contribution in [0.25, 0.3) is 0 Å². The van der Waals surface area contributed by atoms with Crippen molar-refractivity contribution in [2.24, 2.45) is 11.7 Å². The summed E-state index contributed by atoms with van der Waals surface area (Å²) in [6.45, 7) is 4.32. The van der Waals surface area contributed by atoms with Crippen molar-refractivity contribution in [2.75, 3.05) is 6.61 Å². The van der Waals surface area contributed by atoms with Crippen LogP contribution in [0.1, 0.15) is 25.0 Å². The molecule has 0 spiro atoms. The van der Waals surface area contributed by atoms with Crippen molar-refractivity contribution >= 4 is 5.91 Å². The normalized spacial score (nSPS) is 12.5.